The van der Waals surface area contributed by atoms with Gasteiger partial charge >= 0.3 is 0 Å². The molecule has 0 spiro atoms. The van der Waals surface area contributed by atoms with Crippen LogP contribution in [0.4, 0.5) is 5.82 Å². The molecule has 1 aliphatic rings. The third-order valence-electron chi connectivity index (χ3n) is 4.42. The zero-order valence-corrected chi connectivity index (χ0v) is 15.6. The summed E-state index contributed by atoms with van der Waals surface area (Å²) in [6.07, 6.45) is 4.70. The second-order valence-corrected chi connectivity index (χ2v) is 8.49. The van der Waals surface area contributed by atoms with E-state index >= 15 is 0 Å². The summed E-state index contributed by atoms with van der Waals surface area (Å²) in [5.41, 5.74) is 1.77. The minimum atomic E-state index is -3.44. The monoisotopic (exact) mass is 373 g/mol. The largest absolute Gasteiger partial charge is 0.310 e. The molecule has 1 aromatic heterocycles. The number of hydrogen-bond acceptors (Lipinski definition) is 4. The Labute approximate surface area is 154 Å². The van der Waals surface area contributed by atoms with E-state index in [9.17, 15) is 13.2 Å². The summed E-state index contributed by atoms with van der Waals surface area (Å²) in [7, 11) is -3.44. The number of piperidine rings is 1. The molecular formula is C19H23N3O3S. The summed E-state index contributed by atoms with van der Waals surface area (Å²) in [5.74, 6) is 0.328. The van der Waals surface area contributed by atoms with Crippen LogP contribution in [-0.4, -0.2) is 36.7 Å². The predicted molar refractivity (Wildman–Crippen MR) is 100 cm³/mol. The summed E-state index contributed by atoms with van der Waals surface area (Å²) in [5, 5.41) is 2.75. The van der Waals surface area contributed by atoms with E-state index in [4.69, 9.17) is 0 Å². The topological polar surface area (TPSA) is 79.4 Å². The molecule has 1 amide bonds. The summed E-state index contributed by atoms with van der Waals surface area (Å²) >= 11 is 0. The molecule has 0 saturated carbocycles. The van der Waals surface area contributed by atoms with Crippen LogP contribution in [0.2, 0.25) is 0 Å². The van der Waals surface area contributed by atoms with Crippen molar-refractivity contribution < 1.29 is 13.2 Å². The van der Waals surface area contributed by atoms with Crippen molar-refractivity contribution >= 4 is 21.7 Å². The molecule has 138 valence electrons. The van der Waals surface area contributed by atoms with E-state index in [1.165, 1.54) is 0 Å². The van der Waals surface area contributed by atoms with E-state index in [0.29, 0.717) is 18.9 Å². The van der Waals surface area contributed by atoms with Crippen molar-refractivity contribution in [3.05, 3.63) is 53.7 Å². The van der Waals surface area contributed by atoms with Crippen LogP contribution in [0.5, 0.6) is 0 Å². The number of sulfonamides is 1. The molecule has 1 aliphatic heterocycles. The first-order chi connectivity index (χ1) is 12.4. The number of pyridine rings is 1. The number of rotatable bonds is 5. The molecule has 7 heteroatoms. The van der Waals surface area contributed by atoms with Gasteiger partial charge in [0.05, 0.1) is 11.3 Å². The molecule has 1 saturated heterocycles. The number of carbonyl (C=O) groups excluding carboxylic acids is 1. The Morgan fingerprint density at radius 1 is 1.12 bits per heavy atom. The number of carbonyl (C=O) groups is 1. The fourth-order valence-corrected chi connectivity index (χ4v) is 4.53. The molecule has 1 N–H and O–H groups in total. The van der Waals surface area contributed by atoms with Gasteiger partial charge < -0.3 is 5.32 Å². The first-order valence-electron chi connectivity index (χ1n) is 8.77. The van der Waals surface area contributed by atoms with Crippen molar-refractivity contribution in [3.8, 4) is 0 Å². The fourth-order valence-electron chi connectivity index (χ4n) is 3.01. The zero-order chi connectivity index (χ0) is 18.6. The number of amides is 1. The van der Waals surface area contributed by atoms with Crippen molar-refractivity contribution in [1.82, 2.24) is 9.29 Å². The first kappa shape index (κ1) is 18.5. The van der Waals surface area contributed by atoms with Gasteiger partial charge in [-0.25, -0.2) is 13.4 Å². The number of aryl methyl sites for hydroxylation is 1. The minimum absolute atomic E-state index is 0.166. The van der Waals surface area contributed by atoms with Gasteiger partial charge in [-0.15, -0.1) is 0 Å². The summed E-state index contributed by atoms with van der Waals surface area (Å²) in [4.78, 5) is 16.5. The molecule has 2 heterocycles. The lowest BCUT2D eigenvalue weighted by molar-refractivity contribution is -0.115. The van der Waals surface area contributed by atoms with Crippen molar-refractivity contribution in [2.75, 3.05) is 18.4 Å². The third kappa shape index (κ3) is 4.47. The van der Waals surface area contributed by atoms with E-state index in [-0.39, 0.29) is 17.2 Å². The van der Waals surface area contributed by atoms with Gasteiger partial charge in [0, 0.05) is 19.3 Å². The van der Waals surface area contributed by atoms with Crippen molar-refractivity contribution in [3.63, 3.8) is 0 Å². The third-order valence-corrected chi connectivity index (χ3v) is 6.34. The highest BCUT2D eigenvalue weighted by atomic mass is 32.2. The van der Waals surface area contributed by atoms with E-state index in [0.717, 1.165) is 30.4 Å². The standard InChI is InChI=1S/C19H23N3O3S/c1-15-9-10-20-18(13-15)21-19(23)14-16-5-7-17(8-6-16)26(24,25)22-11-3-2-4-12-22/h5-10,13H,2-4,11-12,14H2,1H3,(H,20,21,23). The average molecular weight is 373 g/mol. The molecular weight excluding hydrogens is 350 g/mol. The van der Waals surface area contributed by atoms with E-state index in [2.05, 4.69) is 10.3 Å². The van der Waals surface area contributed by atoms with Gasteiger partial charge in [0.25, 0.3) is 0 Å². The van der Waals surface area contributed by atoms with Crippen molar-refractivity contribution in [1.29, 1.82) is 0 Å². The summed E-state index contributed by atoms with van der Waals surface area (Å²) < 4.78 is 26.8. The highest BCUT2D eigenvalue weighted by Crippen LogP contribution is 2.21. The number of nitrogens with one attached hydrogen (secondary N) is 1. The Kier molecular flexibility index (Phi) is 5.68. The Morgan fingerprint density at radius 2 is 1.81 bits per heavy atom. The second kappa shape index (κ2) is 7.97. The van der Waals surface area contributed by atoms with Crippen LogP contribution in [0.25, 0.3) is 0 Å². The van der Waals surface area contributed by atoms with Gasteiger partial charge in [0.15, 0.2) is 0 Å². The van der Waals surface area contributed by atoms with Crippen molar-refractivity contribution in [2.45, 2.75) is 37.5 Å². The lowest BCUT2D eigenvalue weighted by Crippen LogP contribution is -2.35. The Morgan fingerprint density at radius 3 is 2.46 bits per heavy atom. The van der Waals surface area contributed by atoms with Crippen LogP contribution in [0.3, 0.4) is 0 Å². The van der Waals surface area contributed by atoms with Crippen LogP contribution >= 0.6 is 0 Å². The highest BCUT2D eigenvalue weighted by molar-refractivity contribution is 7.89. The highest BCUT2D eigenvalue weighted by Gasteiger charge is 2.25. The van der Waals surface area contributed by atoms with Crippen LogP contribution in [0.1, 0.15) is 30.4 Å². The molecule has 0 radical (unpaired) electrons. The van der Waals surface area contributed by atoms with E-state index in [1.54, 1.807) is 40.8 Å². The molecule has 0 aliphatic carbocycles. The van der Waals surface area contributed by atoms with E-state index < -0.39 is 10.0 Å². The second-order valence-electron chi connectivity index (χ2n) is 6.55. The molecule has 1 aromatic carbocycles. The van der Waals surface area contributed by atoms with Crippen LogP contribution < -0.4 is 5.32 Å². The molecule has 1 fully saturated rings. The zero-order valence-electron chi connectivity index (χ0n) is 14.8. The molecule has 2 aromatic rings. The molecule has 0 atom stereocenters. The Bertz CT molecular complexity index is 873. The number of benzene rings is 1. The normalized spacial score (nSPS) is 15.6. The maximum Gasteiger partial charge on any atom is 0.243 e. The van der Waals surface area contributed by atoms with Gasteiger partial charge in [0.1, 0.15) is 5.82 Å². The first-order valence-corrected chi connectivity index (χ1v) is 10.2. The van der Waals surface area contributed by atoms with Crippen LogP contribution in [-0.2, 0) is 21.2 Å². The van der Waals surface area contributed by atoms with Crippen molar-refractivity contribution in [2.24, 2.45) is 0 Å². The number of hydrogen-bond donors (Lipinski definition) is 1. The average Bonchev–Trinajstić information content (AvgIpc) is 2.63. The molecule has 0 bridgehead atoms. The number of nitrogens with zero attached hydrogens (tertiary/aromatic N) is 2. The SMILES string of the molecule is Cc1ccnc(NC(=O)Cc2ccc(S(=O)(=O)N3CCCCC3)cc2)c1. The smallest absolute Gasteiger partial charge is 0.243 e. The van der Waals surface area contributed by atoms with Gasteiger partial charge in [-0.1, -0.05) is 18.6 Å². The number of anilines is 1. The quantitative estimate of drug-likeness (QED) is 0.874. The van der Waals surface area contributed by atoms with Crippen LogP contribution in [0.15, 0.2) is 47.5 Å². The molecule has 6 nitrogen and oxygen atoms in total. The predicted octanol–water partition coefficient (Wildman–Crippen LogP) is 2.75. The Balaban J connectivity index is 1.64. The summed E-state index contributed by atoms with van der Waals surface area (Å²) in [6, 6.07) is 10.2. The maximum atomic E-state index is 12.6. The van der Waals surface area contributed by atoms with Gasteiger partial charge in [-0.3, -0.25) is 4.79 Å². The maximum absolute atomic E-state index is 12.6. The fraction of sp³-hybridized carbons (Fsp3) is 0.368. The van der Waals surface area contributed by atoms with E-state index in [1.807, 2.05) is 13.0 Å². The molecule has 0 unspecified atom stereocenters. The van der Waals surface area contributed by atoms with Crippen LogP contribution in [0, 0.1) is 6.92 Å². The summed E-state index contributed by atoms with van der Waals surface area (Å²) in [6.45, 7) is 3.09. The molecule has 3 rings (SSSR count). The van der Waals surface area contributed by atoms with Gasteiger partial charge in [0.2, 0.25) is 15.9 Å². The minimum Gasteiger partial charge on any atom is -0.310 e. The lowest BCUT2D eigenvalue weighted by Gasteiger charge is -2.25. The van der Waals surface area contributed by atoms with Gasteiger partial charge in [-0.05, 0) is 55.2 Å². The Hall–Kier alpha value is -2.25. The molecule has 26 heavy (non-hydrogen) atoms. The number of aromatic nitrogens is 1. The van der Waals surface area contributed by atoms with Gasteiger partial charge in [-0.2, -0.15) is 4.31 Å². The lowest BCUT2D eigenvalue weighted by atomic mass is 10.1.